The van der Waals surface area contributed by atoms with Crippen molar-refractivity contribution in [3.8, 4) is 5.75 Å². The van der Waals surface area contributed by atoms with Gasteiger partial charge in [-0.15, -0.1) is 0 Å². The maximum absolute atomic E-state index is 15.2. The molecule has 12 nitrogen and oxygen atoms in total. The van der Waals surface area contributed by atoms with Crippen LogP contribution >= 0.6 is 23.2 Å². The molecule has 0 aliphatic carbocycles. The Labute approximate surface area is 360 Å². The van der Waals surface area contributed by atoms with Crippen molar-refractivity contribution < 1.29 is 23.9 Å². The Bertz CT molecular complexity index is 2990. The minimum atomic E-state index is -1.17. The van der Waals surface area contributed by atoms with Crippen LogP contribution in [0.1, 0.15) is 48.8 Å². The van der Waals surface area contributed by atoms with E-state index in [9.17, 15) is 4.79 Å². The van der Waals surface area contributed by atoms with Crippen LogP contribution in [0.3, 0.4) is 0 Å². The molecule has 8 rings (SSSR count). The minimum Gasteiger partial charge on any atom is -0.497 e. The molecule has 0 radical (unpaired) electrons. The highest BCUT2D eigenvalue weighted by atomic mass is 35.5. The van der Waals surface area contributed by atoms with E-state index in [4.69, 9.17) is 27.9 Å². The molecule has 4 aromatic carbocycles. The van der Waals surface area contributed by atoms with Crippen LogP contribution in [0.5, 0.6) is 5.75 Å². The van der Waals surface area contributed by atoms with Crippen molar-refractivity contribution in [1.29, 1.82) is 0 Å². The Morgan fingerprint density at radius 2 is 1.20 bits per heavy atom. The van der Waals surface area contributed by atoms with Gasteiger partial charge in [0.25, 0.3) is 11.6 Å². The van der Waals surface area contributed by atoms with Crippen LogP contribution in [0.15, 0.2) is 128 Å². The summed E-state index contributed by atoms with van der Waals surface area (Å²) >= 11 is 12.4. The summed E-state index contributed by atoms with van der Waals surface area (Å²) in [7, 11) is 1.51. The van der Waals surface area contributed by atoms with E-state index in [0.717, 1.165) is 32.2 Å². The number of aromatic nitrogens is 5. The Hall–Kier alpha value is -7.15. The average Bonchev–Trinajstić information content (AvgIpc) is 3.70. The molecule has 0 atom stereocenters. The van der Waals surface area contributed by atoms with E-state index in [1.54, 1.807) is 56.3 Å². The number of Topliss-reactive ketones (excluding diaryl/α,β-unsaturated/α-hetero) is 2. The van der Waals surface area contributed by atoms with E-state index in [-0.39, 0.29) is 22.6 Å². The van der Waals surface area contributed by atoms with Gasteiger partial charge in [-0.2, -0.15) is 5.01 Å². The molecule has 14 heteroatoms. The van der Waals surface area contributed by atoms with Crippen molar-refractivity contribution in [3.05, 3.63) is 177 Å². The highest BCUT2D eigenvalue weighted by molar-refractivity contribution is 6.54. The zero-order valence-electron chi connectivity index (χ0n) is 33.5. The van der Waals surface area contributed by atoms with E-state index < -0.39 is 23.4 Å². The summed E-state index contributed by atoms with van der Waals surface area (Å²) in [6.07, 6.45) is 5.36. The third-order valence-corrected chi connectivity index (χ3v) is 11.1. The van der Waals surface area contributed by atoms with Crippen LogP contribution in [0, 0.1) is 20.8 Å². The molecular formula is C47H37Cl2N7O5. The first kappa shape index (κ1) is 40.6. The molecule has 0 spiro atoms. The normalized spacial score (nSPS) is 11.2. The number of nitrogens with zero attached hydrogens (tertiary/aromatic N) is 7. The molecule has 4 heterocycles. The van der Waals surface area contributed by atoms with E-state index in [2.05, 4.69) is 15.0 Å². The second kappa shape index (κ2) is 16.8. The molecule has 0 N–H and O–H groups in total. The Morgan fingerprint density at radius 1 is 0.639 bits per heavy atom. The Kier molecular flexibility index (Phi) is 11.2. The number of aryl methyl sites for hydroxylation is 1. The maximum Gasteiger partial charge on any atom is 0.320 e. The summed E-state index contributed by atoms with van der Waals surface area (Å²) in [4.78, 5) is 72.9. The smallest absolute Gasteiger partial charge is 0.320 e. The van der Waals surface area contributed by atoms with Gasteiger partial charge < -0.3 is 13.9 Å². The minimum absolute atomic E-state index is 0.0305. The first-order chi connectivity index (χ1) is 29.4. The second-order valence-electron chi connectivity index (χ2n) is 14.4. The zero-order valence-corrected chi connectivity index (χ0v) is 35.0. The Balaban J connectivity index is 1.27. The second-order valence-corrected chi connectivity index (χ2v) is 15.3. The van der Waals surface area contributed by atoms with Crippen LogP contribution in [-0.4, -0.2) is 54.6 Å². The van der Waals surface area contributed by atoms with Crippen molar-refractivity contribution in [2.75, 3.05) is 17.1 Å². The number of fused-ring (bicyclic) bond motifs is 2. The molecule has 0 saturated carbocycles. The van der Waals surface area contributed by atoms with Gasteiger partial charge in [-0.3, -0.25) is 24.2 Å². The van der Waals surface area contributed by atoms with Crippen LogP contribution < -0.4 is 14.8 Å². The lowest BCUT2D eigenvalue weighted by Gasteiger charge is -2.32. The summed E-state index contributed by atoms with van der Waals surface area (Å²) in [5.74, 6) is -3.87. The van der Waals surface area contributed by atoms with Crippen molar-refractivity contribution in [1.82, 2.24) is 24.1 Å². The predicted molar refractivity (Wildman–Crippen MR) is 236 cm³/mol. The molecule has 0 aliphatic heterocycles. The van der Waals surface area contributed by atoms with Gasteiger partial charge in [0.1, 0.15) is 12.1 Å². The van der Waals surface area contributed by atoms with Gasteiger partial charge in [-0.05, 0) is 98.6 Å². The number of hydrogen-bond acceptors (Lipinski definition) is 8. The van der Waals surface area contributed by atoms with Gasteiger partial charge in [-0.1, -0.05) is 59.1 Å². The van der Waals surface area contributed by atoms with Crippen LogP contribution in [0.2, 0.25) is 10.0 Å². The number of pyridine rings is 1. The fraction of sp³-hybridized carbons (Fsp3) is 0.128. The molecule has 8 aromatic rings. The maximum atomic E-state index is 15.2. The lowest BCUT2D eigenvalue weighted by Crippen LogP contribution is -2.55. The molecule has 0 aliphatic rings. The van der Waals surface area contributed by atoms with Gasteiger partial charge in [0.15, 0.2) is 5.82 Å². The molecule has 0 bridgehead atoms. The standard InChI is InChI=1S/C47H37Cl2N7O5/c1-28-7-17-39-37(22-28)42(29(2)53(39)25-31-8-12-33(48)13-9-31)44(57)46(59)55(35-6-5-20-50-24-35)56(41-19-21-51-27-52-41)47(60)45(58)43-30(3)54(26-32-10-14-34(49)15-11-32)40-18-16-36(61-4)23-38(40)43/h5-24,27H,25-26H2,1-4H3. The quantitative estimate of drug-likeness (QED) is 0.0715. The molecular weight excluding hydrogens is 813 g/mol. The first-order valence-electron chi connectivity index (χ1n) is 19.1. The van der Waals surface area contributed by atoms with Crippen LogP contribution in [0.25, 0.3) is 21.8 Å². The summed E-state index contributed by atoms with van der Waals surface area (Å²) < 4.78 is 9.43. The molecule has 304 valence electrons. The molecule has 2 amide bonds. The molecule has 0 fully saturated rings. The number of methoxy groups -OCH3 is 1. The monoisotopic (exact) mass is 849 g/mol. The van der Waals surface area contributed by atoms with Crippen LogP contribution in [0.4, 0.5) is 11.5 Å². The number of amides is 2. The number of ketones is 2. The van der Waals surface area contributed by atoms with E-state index in [1.807, 2.05) is 64.6 Å². The van der Waals surface area contributed by atoms with Crippen molar-refractivity contribution in [2.45, 2.75) is 33.9 Å². The van der Waals surface area contributed by atoms with Crippen molar-refractivity contribution >= 4 is 79.9 Å². The largest absolute Gasteiger partial charge is 0.497 e. The number of halogens is 2. The molecule has 0 saturated heterocycles. The van der Waals surface area contributed by atoms with Gasteiger partial charge >= 0.3 is 11.8 Å². The summed E-state index contributed by atoms with van der Waals surface area (Å²) in [5.41, 5.74) is 5.33. The topological polar surface area (TPSA) is 133 Å². The van der Waals surface area contributed by atoms with Gasteiger partial charge in [0.2, 0.25) is 0 Å². The third-order valence-electron chi connectivity index (χ3n) is 10.6. The number of benzene rings is 4. The predicted octanol–water partition coefficient (Wildman–Crippen LogP) is 9.17. The molecule has 61 heavy (non-hydrogen) atoms. The van der Waals surface area contributed by atoms with Gasteiger partial charge in [-0.25, -0.2) is 15.0 Å². The van der Waals surface area contributed by atoms with Gasteiger partial charge in [0, 0.05) is 74.8 Å². The van der Waals surface area contributed by atoms with Crippen molar-refractivity contribution in [2.24, 2.45) is 0 Å². The van der Waals surface area contributed by atoms with E-state index in [0.29, 0.717) is 56.6 Å². The highest BCUT2D eigenvalue weighted by Crippen LogP contribution is 2.34. The first-order valence-corrected chi connectivity index (χ1v) is 19.9. The average molecular weight is 851 g/mol. The number of hydrogen-bond donors (Lipinski definition) is 0. The molecule has 4 aromatic heterocycles. The lowest BCUT2D eigenvalue weighted by molar-refractivity contribution is -0.119. The van der Waals surface area contributed by atoms with E-state index >= 15 is 14.4 Å². The summed E-state index contributed by atoms with van der Waals surface area (Å²) in [5, 5.41) is 3.83. The van der Waals surface area contributed by atoms with Gasteiger partial charge in [0.05, 0.1) is 30.1 Å². The molecule has 0 unspecified atom stereocenters. The fourth-order valence-corrected chi connectivity index (χ4v) is 7.88. The lowest BCUT2D eigenvalue weighted by atomic mass is 10.0. The third kappa shape index (κ3) is 7.74. The number of rotatable bonds is 11. The number of carbonyl (C=O) groups excluding carboxylic acids is 4. The zero-order chi connectivity index (χ0) is 42.9. The number of hydrazine groups is 1. The highest BCUT2D eigenvalue weighted by Gasteiger charge is 2.40. The summed E-state index contributed by atoms with van der Waals surface area (Å²) in [6.45, 7) is 6.15. The van der Waals surface area contributed by atoms with E-state index in [1.165, 1.54) is 44.2 Å². The SMILES string of the molecule is COc1ccc2c(c1)c(C(=O)C(=O)N(c1ccncn1)N(C(=O)C(=O)c1c(C)n(Cc3ccc(Cl)cc3)c3ccc(C)cc13)c1cccnc1)c(C)n2Cc1ccc(Cl)cc1. The van der Waals surface area contributed by atoms with Crippen molar-refractivity contribution in [3.63, 3.8) is 0 Å². The number of ether oxygens (including phenoxy) is 1. The van der Waals surface area contributed by atoms with Crippen LogP contribution in [-0.2, 0) is 22.7 Å². The number of anilines is 2. The Morgan fingerprint density at radius 3 is 1.72 bits per heavy atom. The number of carbonyl (C=O) groups is 4. The fourth-order valence-electron chi connectivity index (χ4n) is 7.62. The summed E-state index contributed by atoms with van der Waals surface area (Å²) in [6, 6.07) is 30.1.